The Balaban J connectivity index is 2.06. The van der Waals surface area contributed by atoms with Gasteiger partial charge in [0.15, 0.2) is 5.65 Å². The first-order valence-electron chi connectivity index (χ1n) is 10.2. The van der Waals surface area contributed by atoms with E-state index in [1.807, 2.05) is 0 Å². The van der Waals surface area contributed by atoms with Gasteiger partial charge in [0.05, 0.1) is 16.9 Å². The van der Waals surface area contributed by atoms with Crippen molar-refractivity contribution in [3.05, 3.63) is 45.2 Å². The molecule has 0 fully saturated rings. The van der Waals surface area contributed by atoms with Crippen LogP contribution in [0, 0.1) is 5.82 Å². The highest BCUT2D eigenvalue weighted by molar-refractivity contribution is 6.33. The Labute approximate surface area is 180 Å². The number of imidazole rings is 1. The zero-order valence-corrected chi connectivity index (χ0v) is 18.5. The molecule has 1 aromatic carbocycles. The molecule has 0 aliphatic carbocycles. The van der Waals surface area contributed by atoms with Crippen molar-refractivity contribution in [2.24, 2.45) is 12.8 Å². The quantitative estimate of drug-likeness (QED) is 0.530. The highest BCUT2D eigenvalue weighted by Crippen LogP contribution is 2.30. The van der Waals surface area contributed by atoms with E-state index < -0.39 is 11.9 Å². The van der Waals surface area contributed by atoms with Crippen molar-refractivity contribution in [3.63, 3.8) is 0 Å². The number of aryl methyl sites for hydroxylation is 1. The standard InChI is InChI=1S/C21H28ClFN6O/c1-5-7-13(8-6-2)29-19-18(28(4)21(29)30)11-25-20(27-19)26-17-10-16(23)14(12(3)24)9-15(17)22/h9-13H,5-8,24H2,1-4H3,(H,25,26,27). The molecule has 0 radical (unpaired) electrons. The average Bonchev–Trinajstić information content (AvgIpc) is 2.94. The van der Waals surface area contributed by atoms with Crippen LogP contribution in [0.2, 0.25) is 5.02 Å². The third kappa shape index (κ3) is 4.20. The van der Waals surface area contributed by atoms with Gasteiger partial charge in [-0.2, -0.15) is 4.98 Å². The van der Waals surface area contributed by atoms with Crippen molar-refractivity contribution >= 4 is 34.4 Å². The van der Waals surface area contributed by atoms with E-state index >= 15 is 0 Å². The number of nitrogens with one attached hydrogen (secondary N) is 1. The zero-order chi connectivity index (χ0) is 22.0. The molecule has 7 nitrogen and oxygen atoms in total. The van der Waals surface area contributed by atoms with Crippen molar-refractivity contribution < 1.29 is 4.39 Å². The Hall–Kier alpha value is -2.45. The van der Waals surface area contributed by atoms with Gasteiger partial charge in [-0.3, -0.25) is 9.13 Å². The second-order valence-electron chi connectivity index (χ2n) is 7.61. The van der Waals surface area contributed by atoms with Crippen LogP contribution in [0.15, 0.2) is 23.1 Å². The Kier molecular flexibility index (Phi) is 6.77. The van der Waals surface area contributed by atoms with Crippen LogP contribution < -0.4 is 16.7 Å². The van der Waals surface area contributed by atoms with Crippen molar-refractivity contribution in [2.75, 3.05) is 5.32 Å². The van der Waals surface area contributed by atoms with Gasteiger partial charge in [-0.05, 0) is 31.9 Å². The third-order valence-electron chi connectivity index (χ3n) is 5.26. The van der Waals surface area contributed by atoms with Gasteiger partial charge in [0, 0.05) is 24.7 Å². The molecule has 9 heteroatoms. The summed E-state index contributed by atoms with van der Waals surface area (Å²) in [6, 6.07) is 2.37. The molecule has 0 saturated carbocycles. The smallest absolute Gasteiger partial charge is 0.324 e. The van der Waals surface area contributed by atoms with Crippen molar-refractivity contribution in [1.82, 2.24) is 19.1 Å². The molecule has 0 saturated heterocycles. The summed E-state index contributed by atoms with van der Waals surface area (Å²) >= 11 is 6.31. The number of fused-ring (bicyclic) bond motifs is 1. The van der Waals surface area contributed by atoms with E-state index in [1.165, 1.54) is 12.1 Å². The number of halogens is 2. The maximum Gasteiger partial charge on any atom is 0.330 e. The summed E-state index contributed by atoms with van der Waals surface area (Å²) in [4.78, 5) is 21.8. The molecule has 0 aliphatic heterocycles. The van der Waals surface area contributed by atoms with Gasteiger partial charge in [-0.25, -0.2) is 14.2 Å². The highest BCUT2D eigenvalue weighted by Gasteiger charge is 2.20. The predicted octanol–water partition coefficient (Wildman–Crippen LogP) is 4.83. The number of rotatable bonds is 8. The summed E-state index contributed by atoms with van der Waals surface area (Å²) in [7, 11) is 1.71. The van der Waals surface area contributed by atoms with E-state index in [9.17, 15) is 9.18 Å². The fraction of sp³-hybridized carbons (Fsp3) is 0.476. The van der Waals surface area contributed by atoms with Crippen molar-refractivity contribution in [1.29, 1.82) is 0 Å². The van der Waals surface area contributed by atoms with Gasteiger partial charge >= 0.3 is 5.69 Å². The molecule has 2 aromatic heterocycles. The number of nitrogens with zero attached hydrogens (tertiary/aromatic N) is 4. The van der Waals surface area contributed by atoms with Gasteiger partial charge in [-0.15, -0.1) is 0 Å². The van der Waals surface area contributed by atoms with Gasteiger partial charge in [0.25, 0.3) is 0 Å². The average molecular weight is 435 g/mol. The second-order valence-corrected chi connectivity index (χ2v) is 8.02. The molecule has 3 aromatic rings. The normalized spacial score (nSPS) is 12.7. The van der Waals surface area contributed by atoms with E-state index in [0.717, 1.165) is 25.7 Å². The Morgan fingerprint density at radius 3 is 2.53 bits per heavy atom. The molecule has 0 aliphatic rings. The maximum atomic E-state index is 14.4. The lowest BCUT2D eigenvalue weighted by Gasteiger charge is -2.17. The van der Waals surface area contributed by atoms with E-state index in [-0.39, 0.29) is 17.7 Å². The van der Waals surface area contributed by atoms with E-state index in [0.29, 0.717) is 27.4 Å². The van der Waals surface area contributed by atoms with Crippen LogP contribution in [-0.2, 0) is 7.05 Å². The highest BCUT2D eigenvalue weighted by atomic mass is 35.5. The molecule has 2 heterocycles. The van der Waals surface area contributed by atoms with Crippen molar-refractivity contribution in [2.45, 2.75) is 58.5 Å². The zero-order valence-electron chi connectivity index (χ0n) is 17.7. The largest absolute Gasteiger partial charge is 0.330 e. The van der Waals surface area contributed by atoms with Crippen LogP contribution in [0.1, 0.15) is 64.1 Å². The number of nitrogens with two attached hydrogens (primary N) is 1. The van der Waals surface area contributed by atoms with E-state index in [2.05, 4.69) is 29.1 Å². The summed E-state index contributed by atoms with van der Waals surface area (Å²) in [5.74, 6) is -0.219. The molecule has 1 atom stereocenters. The van der Waals surface area contributed by atoms with Crippen LogP contribution in [0.4, 0.5) is 16.0 Å². The molecule has 1 unspecified atom stereocenters. The lowest BCUT2D eigenvalue weighted by Crippen LogP contribution is -2.26. The minimum Gasteiger partial charge on any atom is -0.324 e. The molecule has 162 valence electrons. The number of hydrogen-bond acceptors (Lipinski definition) is 5. The molecule has 3 rings (SSSR count). The molecule has 30 heavy (non-hydrogen) atoms. The Bertz CT molecular complexity index is 1100. The second kappa shape index (κ2) is 9.14. The van der Waals surface area contributed by atoms with Gasteiger partial charge < -0.3 is 11.1 Å². The minimum atomic E-state index is -0.475. The SMILES string of the molecule is CCCC(CCC)n1c(=O)n(C)c2cnc(Nc3cc(F)c(C(C)N)cc3Cl)nc21. The lowest BCUT2D eigenvalue weighted by atomic mass is 10.1. The third-order valence-corrected chi connectivity index (χ3v) is 5.58. The molecule has 0 amide bonds. The van der Waals surface area contributed by atoms with Crippen molar-refractivity contribution in [3.8, 4) is 0 Å². The fourth-order valence-corrected chi connectivity index (χ4v) is 3.94. The Morgan fingerprint density at radius 2 is 1.93 bits per heavy atom. The monoisotopic (exact) mass is 434 g/mol. The van der Waals surface area contributed by atoms with Crippen LogP contribution in [0.3, 0.4) is 0 Å². The summed E-state index contributed by atoms with van der Waals surface area (Å²) in [6.45, 7) is 5.89. The van der Waals surface area contributed by atoms with Crippen LogP contribution >= 0.6 is 11.6 Å². The maximum absolute atomic E-state index is 14.4. The topological polar surface area (TPSA) is 90.8 Å². The van der Waals surface area contributed by atoms with Crippen LogP contribution in [-0.4, -0.2) is 19.1 Å². The summed E-state index contributed by atoms with van der Waals surface area (Å²) in [5, 5.41) is 3.28. The van der Waals surface area contributed by atoms with Crippen LogP contribution in [0.25, 0.3) is 11.2 Å². The molecule has 0 bridgehead atoms. The first kappa shape index (κ1) is 22.2. The van der Waals surface area contributed by atoms with Gasteiger partial charge in [0.2, 0.25) is 5.95 Å². The molecular formula is C21H28ClFN6O. The molecular weight excluding hydrogens is 407 g/mol. The number of anilines is 2. The molecule has 3 N–H and O–H groups in total. The summed E-state index contributed by atoms with van der Waals surface area (Å²) in [5.41, 5.74) is 7.53. The first-order valence-corrected chi connectivity index (χ1v) is 10.6. The lowest BCUT2D eigenvalue weighted by molar-refractivity contribution is 0.420. The Morgan fingerprint density at radius 1 is 1.27 bits per heavy atom. The van der Waals surface area contributed by atoms with E-state index in [1.54, 1.807) is 29.3 Å². The van der Waals surface area contributed by atoms with Crippen LogP contribution in [0.5, 0.6) is 0 Å². The number of benzene rings is 1. The van der Waals surface area contributed by atoms with Gasteiger partial charge in [-0.1, -0.05) is 38.3 Å². The summed E-state index contributed by atoms with van der Waals surface area (Å²) in [6.07, 6.45) is 5.29. The predicted molar refractivity (Wildman–Crippen MR) is 119 cm³/mol. The minimum absolute atomic E-state index is 0.0605. The summed E-state index contributed by atoms with van der Waals surface area (Å²) < 4.78 is 17.7. The number of hydrogen-bond donors (Lipinski definition) is 2. The number of aromatic nitrogens is 4. The fourth-order valence-electron chi connectivity index (χ4n) is 3.72. The van der Waals surface area contributed by atoms with Gasteiger partial charge in [0.1, 0.15) is 11.3 Å². The first-order chi connectivity index (χ1) is 14.3. The molecule has 0 spiro atoms. The van der Waals surface area contributed by atoms with E-state index in [4.69, 9.17) is 17.3 Å².